The molecule has 3 aromatic rings. The molecule has 2 aromatic carbocycles. The second kappa shape index (κ2) is 7.98. The molecule has 4 rings (SSSR count). The summed E-state index contributed by atoms with van der Waals surface area (Å²) in [5.41, 5.74) is 0.991. The zero-order valence-corrected chi connectivity index (χ0v) is 16.4. The fourth-order valence-electron chi connectivity index (χ4n) is 3.47. The van der Waals surface area contributed by atoms with Crippen LogP contribution in [0.1, 0.15) is 6.42 Å². The van der Waals surface area contributed by atoms with E-state index in [-0.39, 0.29) is 30.5 Å². The maximum absolute atomic E-state index is 14.8. The molecule has 1 unspecified atom stereocenters. The van der Waals surface area contributed by atoms with E-state index in [1.165, 1.54) is 31.3 Å². The molecule has 0 bridgehead atoms. The molecular weight excluding hydrogens is 391 g/mol. The van der Waals surface area contributed by atoms with Crippen molar-refractivity contribution < 1.29 is 28.2 Å². The maximum Gasteiger partial charge on any atom is 0.227 e. The van der Waals surface area contributed by atoms with Gasteiger partial charge in [0.05, 0.1) is 19.7 Å². The Morgan fingerprint density at radius 3 is 2.50 bits per heavy atom. The van der Waals surface area contributed by atoms with Gasteiger partial charge in [0.25, 0.3) is 0 Å². The van der Waals surface area contributed by atoms with Crippen molar-refractivity contribution in [2.45, 2.75) is 6.42 Å². The largest absolute Gasteiger partial charge is 0.493 e. The van der Waals surface area contributed by atoms with Crippen LogP contribution in [0, 0.1) is 11.7 Å². The highest BCUT2D eigenvalue weighted by Crippen LogP contribution is 2.38. The van der Waals surface area contributed by atoms with Gasteiger partial charge in [-0.15, -0.1) is 0 Å². The summed E-state index contributed by atoms with van der Waals surface area (Å²) in [6.45, 7) is 0.249. The Kier molecular flexibility index (Phi) is 5.22. The SMILES string of the molecule is COc1cc2nccc(Oc3ccc(N4CC(C=O)CC4=O)cc3F)c2cc1OC. The van der Waals surface area contributed by atoms with E-state index >= 15 is 0 Å². The number of halogens is 1. The molecule has 0 radical (unpaired) electrons. The zero-order chi connectivity index (χ0) is 21.3. The van der Waals surface area contributed by atoms with Gasteiger partial charge >= 0.3 is 0 Å². The van der Waals surface area contributed by atoms with Crippen LogP contribution in [0.15, 0.2) is 42.6 Å². The van der Waals surface area contributed by atoms with Crippen LogP contribution in [-0.2, 0) is 9.59 Å². The number of pyridine rings is 1. The number of aromatic nitrogens is 1. The number of ether oxygens (including phenoxy) is 3. The molecule has 1 amide bonds. The average molecular weight is 410 g/mol. The second-order valence-corrected chi connectivity index (χ2v) is 6.85. The molecule has 7 nitrogen and oxygen atoms in total. The Morgan fingerprint density at radius 2 is 1.83 bits per heavy atom. The van der Waals surface area contributed by atoms with Crippen LogP contribution < -0.4 is 19.1 Å². The van der Waals surface area contributed by atoms with E-state index in [4.69, 9.17) is 14.2 Å². The lowest BCUT2D eigenvalue weighted by molar-refractivity contribution is -0.119. The normalized spacial score (nSPS) is 16.0. The molecule has 2 heterocycles. The maximum atomic E-state index is 14.8. The molecule has 1 atom stereocenters. The van der Waals surface area contributed by atoms with Gasteiger partial charge in [-0.2, -0.15) is 0 Å². The molecule has 0 aliphatic carbocycles. The number of methoxy groups -OCH3 is 2. The van der Waals surface area contributed by atoms with Crippen LogP contribution in [-0.4, -0.2) is 37.9 Å². The molecule has 0 spiro atoms. The monoisotopic (exact) mass is 410 g/mol. The van der Waals surface area contributed by atoms with Crippen molar-refractivity contribution >= 4 is 28.8 Å². The van der Waals surface area contributed by atoms with Gasteiger partial charge in [0.1, 0.15) is 12.0 Å². The van der Waals surface area contributed by atoms with Crippen LogP contribution in [0.5, 0.6) is 23.0 Å². The Balaban J connectivity index is 1.65. The van der Waals surface area contributed by atoms with Crippen LogP contribution >= 0.6 is 0 Å². The number of hydrogen-bond acceptors (Lipinski definition) is 6. The van der Waals surface area contributed by atoms with Gasteiger partial charge in [-0.25, -0.2) is 4.39 Å². The number of carbonyl (C=O) groups is 2. The van der Waals surface area contributed by atoms with Crippen molar-refractivity contribution in [1.82, 2.24) is 4.98 Å². The summed E-state index contributed by atoms with van der Waals surface area (Å²) in [4.78, 5) is 28.7. The van der Waals surface area contributed by atoms with Gasteiger partial charge in [0.15, 0.2) is 23.1 Å². The van der Waals surface area contributed by atoms with Gasteiger partial charge in [-0.1, -0.05) is 0 Å². The lowest BCUT2D eigenvalue weighted by atomic mass is 10.1. The van der Waals surface area contributed by atoms with E-state index < -0.39 is 5.82 Å². The predicted molar refractivity (Wildman–Crippen MR) is 108 cm³/mol. The number of fused-ring (bicyclic) bond motifs is 1. The minimum Gasteiger partial charge on any atom is -0.493 e. The van der Waals surface area contributed by atoms with Crippen molar-refractivity contribution in [3.8, 4) is 23.0 Å². The minimum absolute atomic E-state index is 0.000354. The third-order valence-corrected chi connectivity index (χ3v) is 5.00. The fourth-order valence-corrected chi connectivity index (χ4v) is 3.47. The molecule has 30 heavy (non-hydrogen) atoms. The summed E-state index contributed by atoms with van der Waals surface area (Å²) in [5, 5.41) is 0.627. The van der Waals surface area contributed by atoms with E-state index in [9.17, 15) is 14.0 Å². The molecular formula is C22H19FN2O5. The summed E-state index contributed by atoms with van der Waals surface area (Å²) in [6, 6.07) is 9.33. The van der Waals surface area contributed by atoms with Gasteiger partial charge in [0.2, 0.25) is 5.91 Å². The third kappa shape index (κ3) is 3.52. The van der Waals surface area contributed by atoms with Crippen LogP contribution in [0.25, 0.3) is 10.9 Å². The van der Waals surface area contributed by atoms with Crippen molar-refractivity contribution in [2.24, 2.45) is 5.92 Å². The highest BCUT2D eigenvalue weighted by Gasteiger charge is 2.30. The number of nitrogens with zero attached hydrogens (tertiary/aromatic N) is 2. The van der Waals surface area contributed by atoms with Crippen LogP contribution in [0.4, 0.5) is 10.1 Å². The smallest absolute Gasteiger partial charge is 0.227 e. The first kappa shape index (κ1) is 19.6. The first-order valence-corrected chi connectivity index (χ1v) is 9.28. The van der Waals surface area contributed by atoms with Crippen LogP contribution in [0.2, 0.25) is 0 Å². The number of aldehydes is 1. The predicted octanol–water partition coefficient (Wildman–Crippen LogP) is 3.74. The van der Waals surface area contributed by atoms with Gasteiger partial charge < -0.3 is 23.9 Å². The summed E-state index contributed by atoms with van der Waals surface area (Å²) >= 11 is 0. The first-order valence-electron chi connectivity index (χ1n) is 9.28. The number of rotatable bonds is 6. The molecule has 1 aliphatic rings. The van der Waals surface area contributed by atoms with Gasteiger partial charge in [0, 0.05) is 48.3 Å². The third-order valence-electron chi connectivity index (χ3n) is 5.00. The van der Waals surface area contributed by atoms with Gasteiger partial charge in [-0.3, -0.25) is 9.78 Å². The summed E-state index contributed by atoms with van der Waals surface area (Å²) < 4.78 is 31.2. The summed E-state index contributed by atoms with van der Waals surface area (Å²) in [7, 11) is 3.05. The highest BCUT2D eigenvalue weighted by atomic mass is 19.1. The Labute approximate surface area is 172 Å². The molecule has 1 aromatic heterocycles. The van der Waals surface area contributed by atoms with Crippen molar-refractivity contribution in [3.05, 3.63) is 48.4 Å². The number of carbonyl (C=O) groups excluding carboxylic acids is 2. The first-order chi connectivity index (χ1) is 14.5. The number of amides is 1. The van der Waals surface area contributed by atoms with E-state index in [1.54, 1.807) is 30.5 Å². The van der Waals surface area contributed by atoms with E-state index in [0.717, 1.165) is 6.29 Å². The number of benzene rings is 2. The van der Waals surface area contributed by atoms with Crippen molar-refractivity contribution in [2.75, 3.05) is 25.7 Å². The molecule has 1 fully saturated rings. The molecule has 154 valence electrons. The highest BCUT2D eigenvalue weighted by molar-refractivity contribution is 5.98. The molecule has 0 N–H and O–H groups in total. The standard InChI is InChI=1S/C22H19FN2O5/c1-28-20-9-15-17(10-21(20)29-2)24-6-5-18(15)30-19-4-3-14(8-16(19)23)25-11-13(12-26)7-22(25)27/h3-6,8-10,12-13H,7,11H2,1-2H3. The van der Waals surface area contributed by atoms with E-state index in [2.05, 4.69) is 4.98 Å². The van der Waals surface area contributed by atoms with Crippen molar-refractivity contribution in [1.29, 1.82) is 0 Å². The molecule has 1 aliphatic heterocycles. The van der Waals surface area contributed by atoms with E-state index in [0.29, 0.717) is 33.8 Å². The molecule has 0 saturated carbocycles. The van der Waals surface area contributed by atoms with E-state index in [1.807, 2.05) is 0 Å². The molecule has 8 heteroatoms. The Morgan fingerprint density at radius 1 is 1.07 bits per heavy atom. The Bertz CT molecular complexity index is 1130. The topological polar surface area (TPSA) is 78.0 Å². The summed E-state index contributed by atoms with van der Waals surface area (Å²) in [5.74, 6) is 0.212. The number of anilines is 1. The van der Waals surface area contributed by atoms with Crippen LogP contribution in [0.3, 0.4) is 0 Å². The Hall–Kier alpha value is -3.68. The molecule has 1 saturated heterocycles. The quantitative estimate of drug-likeness (QED) is 0.576. The summed E-state index contributed by atoms with van der Waals surface area (Å²) in [6.07, 6.45) is 2.44. The lowest BCUT2D eigenvalue weighted by Gasteiger charge is -2.17. The van der Waals surface area contributed by atoms with Gasteiger partial charge in [-0.05, 0) is 24.3 Å². The number of hydrogen-bond donors (Lipinski definition) is 0. The minimum atomic E-state index is -0.625. The lowest BCUT2D eigenvalue weighted by Crippen LogP contribution is -2.24. The fraction of sp³-hybridized carbons (Fsp3) is 0.227. The van der Waals surface area contributed by atoms with Crippen molar-refractivity contribution in [3.63, 3.8) is 0 Å². The second-order valence-electron chi connectivity index (χ2n) is 6.85. The zero-order valence-electron chi connectivity index (χ0n) is 16.4. The average Bonchev–Trinajstić information content (AvgIpc) is 3.15.